The van der Waals surface area contributed by atoms with Crippen molar-refractivity contribution < 1.29 is 9.90 Å². The Morgan fingerprint density at radius 3 is 2.44 bits per heavy atom. The van der Waals surface area contributed by atoms with Gasteiger partial charge in [-0.15, -0.1) is 0 Å². The summed E-state index contributed by atoms with van der Waals surface area (Å²) in [5.41, 5.74) is -0.274. The Morgan fingerprint density at radius 1 is 1.39 bits per heavy atom. The molecule has 0 aromatic carbocycles. The molecule has 2 N–H and O–H groups in total. The number of hydrogen-bond acceptors (Lipinski definition) is 3. The summed E-state index contributed by atoms with van der Waals surface area (Å²) >= 11 is 0. The normalized spacial score (nSPS) is 13.3. The van der Waals surface area contributed by atoms with E-state index in [-0.39, 0.29) is 5.41 Å². The minimum atomic E-state index is -0.777. The Hall–Kier alpha value is -1.08. The molecule has 0 aliphatic carbocycles. The number of hydrogen-bond donors (Lipinski definition) is 2. The molecule has 0 aliphatic rings. The molecule has 18 heavy (non-hydrogen) atoms. The van der Waals surface area contributed by atoms with Gasteiger partial charge in [-0.3, -0.25) is 4.79 Å². The van der Waals surface area contributed by atoms with Crippen molar-refractivity contribution in [3.05, 3.63) is 0 Å². The number of carbonyl (C=O) groups is 1. The fourth-order valence-corrected chi connectivity index (χ4v) is 1.77. The lowest BCUT2D eigenvalue weighted by molar-refractivity contribution is -0.139. The Bertz CT molecular complexity index is 293. The second-order valence-corrected chi connectivity index (χ2v) is 5.93. The van der Waals surface area contributed by atoms with Crippen molar-refractivity contribution in [3.8, 4) is 6.07 Å². The first-order valence-electron chi connectivity index (χ1n) is 6.66. The summed E-state index contributed by atoms with van der Waals surface area (Å²) in [6.45, 7) is 8.60. The van der Waals surface area contributed by atoms with E-state index in [2.05, 4.69) is 11.4 Å². The molecule has 0 radical (unpaired) electrons. The molecular weight excluding hydrogens is 228 g/mol. The van der Waals surface area contributed by atoms with Crippen LogP contribution in [0.2, 0.25) is 0 Å². The highest BCUT2D eigenvalue weighted by Gasteiger charge is 2.18. The summed E-state index contributed by atoms with van der Waals surface area (Å²) in [4.78, 5) is 11.0. The van der Waals surface area contributed by atoms with E-state index in [0.29, 0.717) is 18.9 Å². The standard InChI is InChI=1S/C14H26N2O2/c1-11(2)9-12(13(17)18)16-8-6-5-7-14(3,4)10-15/h11-12,16H,5-9H2,1-4H3,(H,17,18). The molecule has 4 nitrogen and oxygen atoms in total. The maximum Gasteiger partial charge on any atom is 0.320 e. The van der Waals surface area contributed by atoms with E-state index in [9.17, 15) is 4.79 Å². The Labute approximate surface area is 110 Å². The van der Waals surface area contributed by atoms with Crippen LogP contribution in [-0.2, 0) is 4.79 Å². The van der Waals surface area contributed by atoms with Crippen molar-refractivity contribution in [1.29, 1.82) is 5.26 Å². The van der Waals surface area contributed by atoms with Gasteiger partial charge in [-0.25, -0.2) is 0 Å². The summed E-state index contributed by atoms with van der Waals surface area (Å²) in [6, 6.07) is 1.82. The molecule has 0 aliphatic heterocycles. The zero-order chi connectivity index (χ0) is 14.2. The van der Waals surface area contributed by atoms with E-state index in [1.54, 1.807) is 0 Å². The number of aliphatic carboxylic acids is 1. The molecule has 1 unspecified atom stereocenters. The molecule has 4 heteroatoms. The van der Waals surface area contributed by atoms with Crippen LogP contribution in [0.1, 0.15) is 53.4 Å². The largest absolute Gasteiger partial charge is 0.480 e. The number of carboxylic acids is 1. The lowest BCUT2D eigenvalue weighted by atomic mass is 9.89. The van der Waals surface area contributed by atoms with E-state index in [4.69, 9.17) is 10.4 Å². The zero-order valence-corrected chi connectivity index (χ0v) is 12.0. The first-order valence-corrected chi connectivity index (χ1v) is 6.66. The Morgan fingerprint density at radius 2 is 2.00 bits per heavy atom. The smallest absolute Gasteiger partial charge is 0.320 e. The number of nitrogens with zero attached hydrogens (tertiary/aromatic N) is 1. The predicted octanol–water partition coefficient (Wildman–Crippen LogP) is 2.80. The van der Waals surface area contributed by atoms with Gasteiger partial charge < -0.3 is 10.4 Å². The molecule has 0 heterocycles. The first kappa shape index (κ1) is 16.9. The van der Waals surface area contributed by atoms with Crippen molar-refractivity contribution in [2.75, 3.05) is 6.54 Å². The number of nitriles is 1. The molecule has 0 aromatic rings. The van der Waals surface area contributed by atoms with Gasteiger partial charge in [0.15, 0.2) is 0 Å². The van der Waals surface area contributed by atoms with E-state index < -0.39 is 12.0 Å². The van der Waals surface area contributed by atoms with Gasteiger partial charge in [-0.2, -0.15) is 5.26 Å². The minimum Gasteiger partial charge on any atom is -0.480 e. The third-order valence-corrected chi connectivity index (χ3v) is 2.93. The van der Waals surface area contributed by atoms with Gasteiger partial charge in [0.2, 0.25) is 0 Å². The van der Waals surface area contributed by atoms with Gasteiger partial charge in [-0.1, -0.05) is 20.3 Å². The molecule has 0 fully saturated rings. The lowest BCUT2D eigenvalue weighted by Crippen LogP contribution is -2.38. The van der Waals surface area contributed by atoms with Gasteiger partial charge in [0.1, 0.15) is 6.04 Å². The third-order valence-electron chi connectivity index (χ3n) is 2.93. The van der Waals surface area contributed by atoms with Crippen molar-refractivity contribution in [2.24, 2.45) is 11.3 Å². The maximum atomic E-state index is 11.0. The highest BCUT2D eigenvalue weighted by atomic mass is 16.4. The highest BCUT2D eigenvalue weighted by Crippen LogP contribution is 2.21. The molecule has 0 saturated heterocycles. The first-order chi connectivity index (χ1) is 8.28. The van der Waals surface area contributed by atoms with Crippen molar-refractivity contribution >= 4 is 5.97 Å². The van der Waals surface area contributed by atoms with Crippen molar-refractivity contribution in [1.82, 2.24) is 5.32 Å². The molecule has 0 bridgehead atoms. The van der Waals surface area contributed by atoms with Gasteiger partial charge >= 0.3 is 5.97 Å². The van der Waals surface area contributed by atoms with Gasteiger partial charge in [0.05, 0.1) is 11.5 Å². The maximum absolute atomic E-state index is 11.0. The molecule has 0 amide bonds. The van der Waals surface area contributed by atoms with Crippen molar-refractivity contribution in [2.45, 2.75) is 59.4 Å². The van der Waals surface area contributed by atoms with Crippen LogP contribution in [0, 0.1) is 22.7 Å². The summed E-state index contributed by atoms with van der Waals surface area (Å²) in [5.74, 6) is -0.405. The lowest BCUT2D eigenvalue weighted by Gasteiger charge is -2.17. The summed E-state index contributed by atoms with van der Waals surface area (Å²) < 4.78 is 0. The zero-order valence-electron chi connectivity index (χ0n) is 12.0. The fourth-order valence-electron chi connectivity index (χ4n) is 1.77. The van der Waals surface area contributed by atoms with Crippen LogP contribution in [0.3, 0.4) is 0 Å². The van der Waals surface area contributed by atoms with E-state index in [1.807, 2.05) is 27.7 Å². The summed E-state index contributed by atoms with van der Waals surface area (Å²) in [6.07, 6.45) is 3.36. The van der Waals surface area contributed by atoms with Crippen LogP contribution in [0.25, 0.3) is 0 Å². The molecular formula is C14H26N2O2. The van der Waals surface area contributed by atoms with Gasteiger partial charge in [-0.05, 0) is 45.6 Å². The van der Waals surface area contributed by atoms with E-state index >= 15 is 0 Å². The molecule has 0 spiro atoms. The second kappa shape index (κ2) is 8.10. The average Bonchev–Trinajstić information content (AvgIpc) is 2.26. The van der Waals surface area contributed by atoms with Crippen molar-refractivity contribution in [3.63, 3.8) is 0 Å². The van der Waals surface area contributed by atoms with E-state index in [0.717, 1.165) is 19.3 Å². The second-order valence-electron chi connectivity index (χ2n) is 5.93. The van der Waals surface area contributed by atoms with Gasteiger partial charge in [0, 0.05) is 0 Å². The Kier molecular flexibility index (Phi) is 7.61. The van der Waals surface area contributed by atoms with Crippen LogP contribution in [0.4, 0.5) is 0 Å². The van der Waals surface area contributed by atoms with Crippen LogP contribution >= 0.6 is 0 Å². The number of nitrogens with one attached hydrogen (secondary N) is 1. The molecule has 0 aromatic heterocycles. The number of unbranched alkanes of at least 4 members (excludes halogenated alkanes) is 1. The summed E-state index contributed by atoms with van der Waals surface area (Å²) in [5, 5.41) is 21.0. The van der Waals surface area contributed by atoms with Crippen LogP contribution in [0.15, 0.2) is 0 Å². The minimum absolute atomic E-state index is 0.274. The van der Waals surface area contributed by atoms with Crippen LogP contribution in [-0.4, -0.2) is 23.7 Å². The predicted molar refractivity (Wildman–Crippen MR) is 72.1 cm³/mol. The van der Waals surface area contributed by atoms with Crippen LogP contribution in [0.5, 0.6) is 0 Å². The number of rotatable bonds is 9. The molecule has 104 valence electrons. The molecule has 1 atom stereocenters. The highest BCUT2D eigenvalue weighted by molar-refractivity contribution is 5.73. The van der Waals surface area contributed by atoms with E-state index in [1.165, 1.54) is 0 Å². The van der Waals surface area contributed by atoms with Gasteiger partial charge in [0.25, 0.3) is 0 Å². The topological polar surface area (TPSA) is 73.1 Å². The third kappa shape index (κ3) is 8.08. The monoisotopic (exact) mass is 254 g/mol. The number of carboxylic acid groups (broad SMARTS) is 1. The Balaban J connectivity index is 3.82. The average molecular weight is 254 g/mol. The molecule has 0 rings (SSSR count). The van der Waals surface area contributed by atoms with Crippen LogP contribution < -0.4 is 5.32 Å². The summed E-state index contributed by atoms with van der Waals surface area (Å²) in [7, 11) is 0. The SMILES string of the molecule is CC(C)CC(NCCCCC(C)(C)C#N)C(=O)O. The molecule has 0 saturated carbocycles. The quantitative estimate of drug-likeness (QED) is 0.620. The fraction of sp³-hybridized carbons (Fsp3) is 0.857.